The van der Waals surface area contributed by atoms with Gasteiger partial charge in [-0.1, -0.05) is 23.7 Å². The van der Waals surface area contributed by atoms with E-state index in [9.17, 15) is 4.79 Å². The number of anilines is 1. The van der Waals surface area contributed by atoms with Crippen molar-refractivity contribution in [2.75, 3.05) is 18.4 Å². The molecule has 2 amide bonds. The largest absolute Gasteiger partial charge is 0.474 e. The maximum atomic E-state index is 12.4. The van der Waals surface area contributed by atoms with E-state index in [0.29, 0.717) is 10.9 Å². The van der Waals surface area contributed by atoms with Crippen molar-refractivity contribution in [1.29, 1.82) is 0 Å². The summed E-state index contributed by atoms with van der Waals surface area (Å²) in [5, 5.41) is 4.49. The number of halogens is 1. The van der Waals surface area contributed by atoms with Crippen LogP contribution in [0.2, 0.25) is 5.02 Å². The maximum Gasteiger partial charge on any atom is 0.321 e. The summed E-state index contributed by atoms with van der Waals surface area (Å²) >= 11 is 5.87. The zero-order valence-corrected chi connectivity index (χ0v) is 15.9. The van der Waals surface area contributed by atoms with E-state index in [1.54, 1.807) is 24.3 Å². The average Bonchev–Trinajstić information content (AvgIpc) is 2.64. The van der Waals surface area contributed by atoms with Crippen LogP contribution in [-0.4, -0.2) is 40.1 Å². The number of urea groups is 1. The van der Waals surface area contributed by atoms with Gasteiger partial charge in [0.25, 0.3) is 0 Å². The van der Waals surface area contributed by atoms with Crippen LogP contribution in [0.15, 0.2) is 54.9 Å². The van der Waals surface area contributed by atoms with Crippen LogP contribution in [0.5, 0.6) is 5.88 Å². The van der Waals surface area contributed by atoms with Crippen LogP contribution < -0.4 is 10.1 Å². The minimum atomic E-state index is -0.0703. The molecule has 2 fully saturated rings. The van der Waals surface area contributed by atoms with Crippen LogP contribution in [0.4, 0.5) is 10.5 Å². The van der Waals surface area contributed by atoms with Gasteiger partial charge in [0, 0.05) is 29.2 Å². The second kappa shape index (κ2) is 6.63. The zero-order chi connectivity index (χ0) is 19.1. The maximum absolute atomic E-state index is 12.4. The van der Waals surface area contributed by atoms with E-state index in [2.05, 4.69) is 15.3 Å². The summed E-state index contributed by atoms with van der Waals surface area (Å²) < 4.78 is 6.11. The Hall–Kier alpha value is -2.86. The molecule has 1 saturated heterocycles. The third kappa shape index (κ3) is 3.14. The normalized spacial score (nSPS) is 17.8. The molecular formula is C21H19ClN4O2. The van der Waals surface area contributed by atoms with Crippen molar-refractivity contribution in [2.24, 2.45) is 5.41 Å². The van der Waals surface area contributed by atoms with Gasteiger partial charge in [-0.05, 0) is 49.2 Å². The third-order valence-electron chi connectivity index (χ3n) is 5.54. The molecule has 28 heavy (non-hydrogen) atoms. The van der Waals surface area contributed by atoms with Crippen LogP contribution in [0.3, 0.4) is 0 Å². The van der Waals surface area contributed by atoms with Crippen molar-refractivity contribution < 1.29 is 9.53 Å². The lowest BCUT2D eigenvalue weighted by molar-refractivity contribution is -0.0989. The Balaban J connectivity index is 1.15. The fourth-order valence-electron chi connectivity index (χ4n) is 4.12. The van der Waals surface area contributed by atoms with E-state index in [4.69, 9.17) is 16.3 Å². The number of fused-ring (bicyclic) bond motifs is 1. The van der Waals surface area contributed by atoms with Crippen molar-refractivity contribution in [3.05, 3.63) is 59.9 Å². The number of hydrogen-bond donors (Lipinski definition) is 1. The Kier molecular flexibility index (Phi) is 4.09. The van der Waals surface area contributed by atoms with E-state index in [1.165, 1.54) is 6.33 Å². The zero-order valence-electron chi connectivity index (χ0n) is 15.1. The lowest BCUT2D eigenvalue weighted by atomic mass is 9.62. The van der Waals surface area contributed by atoms with E-state index >= 15 is 0 Å². The highest BCUT2D eigenvalue weighted by atomic mass is 35.5. The molecule has 0 radical (unpaired) electrons. The number of nitrogens with zero attached hydrogens (tertiary/aromatic N) is 3. The molecule has 1 saturated carbocycles. The highest BCUT2D eigenvalue weighted by Crippen LogP contribution is 2.49. The SMILES string of the molecule is O=C(Nc1ccc(Cl)cc1)N1CC2(CC(Oc3ncnc4ccccc34)C2)C1. The van der Waals surface area contributed by atoms with Crippen molar-refractivity contribution in [3.63, 3.8) is 0 Å². The van der Waals surface area contributed by atoms with Gasteiger partial charge in [-0.15, -0.1) is 0 Å². The lowest BCUT2D eigenvalue weighted by Gasteiger charge is -2.58. The first-order valence-corrected chi connectivity index (χ1v) is 9.66. The number of ether oxygens (including phenoxy) is 1. The third-order valence-corrected chi connectivity index (χ3v) is 5.79. The highest BCUT2D eigenvalue weighted by Gasteiger charge is 2.55. The Morgan fingerprint density at radius 1 is 1.11 bits per heavy atom. The summed E-state index contributed by atoms with van der Waals surface area (Å²) in [5.74, 6) is 0.641. The summed E-state index contributed by atoms with van der Waals surface area (Å²) in [5.41, 5.74) is 1.82. The number of likely N-dealkylation sites (tertiary alicyclic amines) is 1. The number of carbonyl (C=O) groups excluding carboxylic acids is 1. The van der Waals surface area contributed by atoms with Crippen molar-refractivity contribution in [2.45, 2.75) is 18.9 Å². The molecule has 2 heterocycles. The Labute approximate surface area is 167 Å². The molecule has 142 valence electrons. The summed E-state index contributed by atoms with van der Waals surface area (Å²) in [6.07, 6.45) is 3.56. The minimum absolute atomic E-state index is 0.0703. The van der Waals surface area contributed by atoms with Crippen molar-refractivity contribution in [3.8, 4) is 5.88 Å². The second-order valence-electron chi connectivity index (χ2n) is 7.64. The van der Waals surface area contributed by atoms with Crippen LogP contribution >= 0.6 is 11.6 Å². The van der Waals surface area contributed by atoms with Crippen LogP contribution in [0, 0.1) is 5.41 Å². The first-order chi connectivity index (χ1) is 13.6. The van der Waals surface area contributed by atoms with Gasteiger partial charge >= 0.3 is 6.03 Å². The van der Waals surface area contributed by atoms with Crippen LogP contribution in [0.25, 0.3) is 10.9 Å². The Morgan fingerprint density at radius 3 is 2.64 bits per heavy atom. The summed E-state index contributed by atoms with van der Waals surface area (Å²) in [4.78, 5) is 22.8. The molecule has 7 heteroatoms. The fourth-order valence-corrected chi connectivity index (χ4v) is 4.25. The van der Waals surface area contributed by atoms with E-state index in [0.717, 1.165) is 42.5 Å². The molecule has 2 aliphatic rings. The predicted molar refractivity (Wildman–Crippen MR) is 108 cm³/mol. The number of carbonyl (C=O) groups is 1. The van der Waals surface area contributed by atoms with Crippen LogP contribution in [0.1, 0.15) is 12.8 Å². The summed E-state index contributed by atoms with van der Waals surface area (Å²) in [7, 11) is 0. The molecule has 0 atom stereocenters. The van der Waals surface area contributed by atoms with Gasteiger partial charge in [-0.2, -0.15) is 0 Å². The van der Waals surface area contributed by atoms with Gasteiger partial charge < -0.3 is 15.0 Å². The first kappa shape index (κ1) is 17.3. The topological polar surface area (TPSA) is 67.4 Å². The molecule has 1 N–H and O–H groups in total. The first-order valence-electron chi connectivity index (χ1n) is 9.28. The van der Waals surface area contributed by atoms with E-state index in [1.807, 2.05) is 29.2 Å². The second-order valence-corrected chi connectivity index (χ2v) is 8.07. The smallest absolute Gasteiger partial charge is 0.321 e. The quantitative estimate of drug-likeness (QED) is 0.716. The molecule has 0 bridgehead atoms. The number of hydrogen-bond acceptors (Lipinski definition) is 4. The summed E-state index contributed by atoms with van der Waals surface area (Å²) in [6.45, 7) is 1.52. The number of para-hydroxylation sites is 1. The van der Waals surface area contributed by atoms with Crippen molar-refractivity contribution >= 4 is 34.2 Å². The van der Waals surface area contributed by atoms with Gasteiger partial charge in [-0.25, -0.2) is 14.8 Å². The predicted octanol–water partition coefficient (Wildman–Crippen LogP) is 4.36. The minimum Gasteiger partial charge on any atom is -0.474 e. The molecule has 5 rings (SSSR count). The Morgan fingerprint density at radius 2 is 1.86 bits per heavy atom. The number of aromatic nitrogens is 2. The van der Waals surface area contributed by atoms with Gasteiger partial charge in [0.1, 0.15) is 12.4 Å². The lowest BCUT2D eigenvalue weighted by Crippen LogP contribution is -2.66. The molecule has 2 aromatic carbocycles. The van der Waals surface area contributed by atoms with Crippen molar-refractivity contribution in [1.82, 2.24) is 14.9 Å². The standard InChI is InChI=1S/C21H19ClN4O2/c22-14-5-7-15(8-6-14)25-20(27)26-11-21(12-26)9-16(10-21)28-19-17-3-1-2-4-18(17)23-13-24-19/h1-8,13,16H,9-12H2,(H,25,27). The monoisotopic (exact) mass is 394 g/mol. The molecule has 1 spiro atoms. The number of amides is 2. The number of rotatable bonds is 3. The van der Waals surface area contributed by atoms with Gasteiger partial charge in [0.2, 0.25) is 5.88 Å². The molecule has 1 aliphatic carbocycles. The fraction of sp³-hybridized carbons (Fsp3) is 0.286. The van der Waals surface area contributed by atoms with E-state index < -0.39 is 0 Å². The van der Waals surface area contributed by atoms with E-state index in [-0.39, 0.29) is 17.6 Å². The Bertz CT molecular complexity index is 1020. The number of nitrogens with one attached hydrogen (secondary N) is 1. The van der Waals surface area contributed by atoms with Gasteiger partial charge in [0.15, 0.2) is 0 Å². The molecule has 1 aliphatic heterocycles. The molecule has 6 nitrogen and oxygen atoms in total. The van der Waals surface area contributed by atoms with Gasteiger partial charge in [-0.3, -0.25) is 0 Å². The molecule has 1 aromatic heterocycles. The van der Waals surface area contributed by atoms with Crippen LogP contribution in [-0.2, 0) is 0 Å². The van der Waals surface area contributed by atoms with Gasteiger partial charge in [0.05, 0.1) is 10.9 Å². The highest BCUT2D eigenvalue weighted by molar-refractivity contribution is 6.30. The average molecular weight is 395 g/mol. The molecular weight excluding hydrogens is 376 g/mol. The molecule has 3 aromatic rings. The summed E-state index contributed by atoms with van der Waals surface area (Å²) in [6, 6.07) is 14.9. The molecule has 0 unspecified atom stereocenters. The number of benzene rings is 2.